The number of ether oxygens (including phenoxy) is 1. The molecule has 2 nitrogen and oxygen atoms in total. The van der Waals surface area contributed by atoms with Gasteiger partial charge >= 0.3 is 0 Å². The van der Waals surface area contributed by atoms with Gasteiger partial charge in [0.05, 0.1) is 13.2 Å². The first kappa shape index (κ1) is 11.2. The molecule has 2 aliphatic rings. The molecule has 2 atom stereocenters. The van der Waals surface area contributed by atoms with E-state index in [4.69, 9.17) is 4.74 Å². The number of hydrogen-bond donors (Lipinski definition) is 0. The maximum absolute atomic E-state index is 5.89. The lowest BCUT2D eigenvalue weighted by atomic mass is 9.99. The predicted molar refractivity (Wildman–Crippen MR) is 68.8 cm³/mol. The molecule has 0 saturated carbocycles. The lowest BCUT2D eigenvalue weighted by molar-refractivity contribution is 0.0770. The summed E-state index contributed by atoms with van der Waals surface area (Å²) in [5, 5.41) is 0. The molecular formula is C15H21NO. The Hall–Kier alpha value is -0.860. The Balaban J connectivity index is 1.46. The van der Waals surface area contributed by atoms with Gasteiger partial charge < -0.3 is 9.64 Å². The van der Waals surface area contributed by atoms with Crippen LogP contribution in [0.5, 0.6) is 0 Å². The average Bonchev–Trinajstić information content (AvgIpc) is 2.95. The monoisotopic (exact) mass is 231 g/mol. The molecule has 0 aliphatic carbocycles. The summed E-state index contributed by atoms with van der Waals surface area (Å²) in [6.45, 7) is 4.32. The quantitative estimate of drug-likeness (QED) is 0.790. The van der Waals surface area contributed by atoms with Crippen LogP contribution in [-0.4, -0.2) is 30.6 Å². The molecule has 1 aromatic carbocycles. The normalized spacial score (nSPS) is 28.5. The summed E-state index contributed by atoms with van der Waals surface area (Å²) in [5.74, 6) is 0.779. The Morgan fingerprint density at radius 3 is 2.88 bits per heavy atom. The van der Waals surface area contributed by atoms with E-state index >= 15 is 0 Å². The van der Waals surface area contributed by atoms with Crippen molar-refractivity contribution in [2.24, 2.45) is 5.92 Å². The zero-order valence-electron chi connectivity index (χ0n) is 10.3. The Kier molecular flexibility index (Phi) is 3.44. The van der Waals surface area contributed by atoms with Crippen LogP contribution in [0.2, 0.25) is 0 Å². The minimum atomic E-state index is 0.768. The van der Waals surface area contributed by atoms with Crippen LogP contribution in [0.3, 0.4) is 0 Å². The fourth-order valence-electron chi connectivity index (χ4n) is 3.28. The highest BCUT2D eigenvalue weighted by atomic mass is 16.5. The van der Waals surface area contributed by atoms with E-state index in [9.17, 15) is 0 Å². The van der Waals surface area contributed by atoms with Gasteiger partial charge in [0, 0.05) is 6.04 Å². The van der Waals surface area contributed by atoms with Crippen LogP contribution < -0.4 is 0 Å². The van der Waals surface area contributed by atoms with Crippen LogP contribution in [0.25, 0.3) is 0 Å². The summed E-state index contributed by atoms with van der Waals surface area (Å²) in [6, 6.07) is 11.3. The summed E-state index contributed by atoms with van der Waals surface area (Å²) in [6.07, 6.45) is 4.11. The van der Waals surface area contributed by atoms with E-state index in [-0.39, 0.29) is 0 Å². The van der Waals surface area contributed by atoms with Crippen molar-refractivity contribution in [1.82, 2.24) is 4.90 Å². The zero-order valence-corrected chi connectivity index (χ0v) is 10.3. The predicted octanol–water partition coefficient (Wildman–Crippen LogP) is 2.69. The summed E-state index contributed by atoms with van der Waals surface area (Å²) in [7, 11) is 0. The second-order valence-corrected chi connectivity index (χ2v) is 5.30. The third-order valence-corrected chi connectivity index (χ3v) is 4.19. The van der Waals surface area contributed by atoms with Gasteiger partial charge in [-0.25, -0.2) is 0 Å². The van der Waals surface area contributed by atoms with Crippen molar-refractivity contribution >= 4 is 0 Å². The van der Waals surface area contributed by atoms with Gasteiger partial charge in [0.25, 0.3) is 0 Å². The fraction of sp³-hybridized carbons (Fsp3) is 0.600. The van der Waals surface area contributed by atoms with E-state index in [0.29, 0.717) is 0 Å². The molecule has 3 rings (SSSR count). The van der Waals surface area contributed by atoms with E-state index in [1.165, 1.54) is 37.9 Å². The minimum Gasteiger partial charge on any atom is -0.376 e. The van der Waals surface area contributed by atoms with Crippen molar-refractivity contribution in [3.05, 3.63) is 35.9 Å². The van der Waals surface area contributed by atoms with E-state index in [0.717, 1.165) is 25.2 Å². The number of benzene rings is 1. The van der Waals surface area contributed by atoms with Crippen LogP contribution in [0, 0.1) is 5.92 Å². The molecule has 0 aromatic heterocycles. The highest BCUT2D eigenvalue weighted by Crippen LogP contribution is 2.32. The van der Waals surface area contributed by atoms with Crippen LogP contribution in [0.1, 0.15) is 24.8 Å². The second kappa shape index (κ2) is 5.19. The maximum Gasteiger partial charge on any atom is 0.0717 e. The smallest absolute Gasteiger partial charge is 0.0717 e. The van der Waals surface area contributed by atoms with Crippen molar-refractivity contribution in [1.29, 1.82) is 0 Å². The Labute approximate surface area is 104 Å². The highest BCUT2D eigenvalue weighted by molar-refractivity contribution is 5.13. The van der Waals surface area contributed by atoms with Gasteiger partial charge in [-0.3, -0.25) is 0 Å². The summed E-state index contributed by atoms with van der Waals surface area (Å²) in [4.78, 5) is 2.65. The largest absolute Gasteiger partial charge is 0.376 e. The molecule has 2 heteroatoms. The molecule has 0 spiro atoms. The van der Waals surface area contributed by atoms with Crippen molar-refractivity contribution < 1.29 is 4.74 Å². The third kappa shape index (κ3) is 2.53. The van der Waals surface area contributed by atoms with E-state index in [1.807, 2.05) is 0 Å². The van der Waals surface area contributed by atoms with Crippen LogP contribution in [0.15, 0.2) is 30.3 Å². The number of hydrogen-bond acceptors (Lipinski definition) is 2. The van der Waals surface area contributed by atoms with Crippen LogP contribution >= 0.6 is 0 Å². The second-order valence-electron chi connectivity index (χ2n) is 5.30. The first-order valence-corrected chi connectivity index (χ1v) is 6.79. The number of rotatable bonds is 4. The Morgan fingerprint density at radius 1 is 1.12 bits per heavy atom. The number of nitrogens with zero attached hydrogens (tertiary/aromatic N) is 1. The van der Waals surface area contributed by atoms with Gasteiger partial charge in [0.15, 0.2) is 0 Å². The van der Waals surface area contributed by atoms with Gasteiger partial charge in [-0.2, -0.15) is 0 Å². The molecule has 0 radical (unpaired) electrons. The summed E-state index contributed by atoms with van der Waals surface area (Å²) >= 11 is 0. The Morgan fingerprint density at radius 2 is 2.00 bits per heavy atom. The van der Waals surface area contributed by atoms with Crippen LogP contribution in [-0.2, 0) is 11.3 Å². The molecule has 0 N–H and O–H groups in total. The molecular weight excluding hydrogens is 210 g/mol. The summed E-state index contributed by atoms with van der Waals surface area (Å²) < 4.78 is 5.89. The van der Waals surface area contributed by atoms with Crippen molar-refractivity contribution in [3.63, 3.8) is 0 Å². The molecule has 2 saturated heterocycles. The fourth-order valence-corrected chi connectivity index (χ4v) is 3.28. The molecule has 1 aromatic rings. The van der Waals surface area contributed by atoms with Gasteiger partial charge in [-0.15, -0.1) is 0 Å². The van der Waals surface area contributed by atoms with Crippen molar-refractivity contribution in [2.45, 2.75) is 31.9 Å². The van der Waals surface area contributed by atoms with Crippen molar-refractivity contribution in [2.75, 3.05) is 19.7 Å². The van der Waals surface area contributed by atoms with Crippen molar-refractivity contribution in [3.8, 4) is 0 Å². The molecule has 0 unspecified atom stereocenters. The van der Waals surface area contributed by atoms with Gasteiger partial charge in [0.1, 0.15) is 0 Å². The van der Waals surface area contributed by atoms with E-state index in [2.05, 4.69) is 35.2 Å². The van der Waals surface area contributed by atoms with Crippen LogP contribution in [0.4, 0.5) is 0 Å². The van der Waals surface area contributed by atoms with E-state index < -0.39 is 0 Å². The molecule has 0 bridgehead atoms. The SMILES string of the molecule is c1ccc(COC[C@H]2CCN3CCC[C@@H]23)cc1. The first-order valence-electron chi connectivity index (χ1n) is 6.79. The number of fused-ring (bicyclic) bond motifs is 1. The zero-order chi connectivity index (χ0) is 11.5. The molecule has 0 amide bonds. The molecule has 2 fully saturated rings. The lowest BCUT2D eigenvalue weighted by Gasteiger charge is -2.20. The van der Waals surface area contributed by atoms with E-state index in [1.54, 1.807) is 0 Å². The first-order chi connectivity index (χ1) is 8.43. The Bertz CT molecular complexity index is 351. The highest BCUT2D eigenvalue weighted by Gasteiger charge is 2.36. The molecule has 92 valence electrons. The maximum atomic E-state index is 5.89. The lowest BCUT2D eigenvalue weighted by Crippen LogP contribution is -2.28. The third-order valence-electron chi connectivity index (χ3n) is 4.19. The topological polar surface area (TPSA) is 12.5 Å². The minimum absolute atomic E-state index is 0.768. The standard InChI is InChI=1S/C15H21NO/c1-2-5-13(6-3-1)11-17-12-14-8-10-16-9-4-7-15(14)16/h1-3,5-6,14-15H,4,7-12H2/t14-,15+/m1/s1. The molecule has 2 heterocycles. The average molecular weight is 231 g/mol. The van der Waals surface area contributed by atoms with Gasteiger partial charge in [-0.1, -0.05) is 30.3 Å². The summed E-state index contributed by atoms with van der Waals surface area (Å²) in [5.41, 5.74) is 1.29. The van der Waals surface area contributed by atoms with Gasteiger partial charge in [-0.05, 0) is 43.8 Å². The molecule has 2 aliphatic heterocycles. The van der Waals surface area contributed by atoms with Gasteiger partial charge in [0.2, 0.25) is 0 Å². The molecule has 17 heavy (non-hydrogen) atoms.